The zero-order valence-corrected chi connectivity index (χ0v) is 17.8. The second-order valence-electron chi connectivity index (χ2n) is 7.92. The number of hydrogen-bond acceptors (Lipinski definition) is 1. The standard InChI is InChI=1S/C28H32O/c1-3-4-5-6-7-8-23-11-17-26(18-12-23)27-19-13-24(14-20-27)9-10-25-15-21-28(29-2)22-16-25/h13-16,19-23,26H,3,6-8,11-12,17-18H2,1-2H3. The summed E-state index contributed by atoms with van der Waals surface area (Å²) >= 11 is 0. The van der Waals surface area contributed by atoms with Crippen LogP contribution >= 0.6 is 0 Å². The van der Waals surface area contributed by atoms with Crippen molar-refractivity contribution in [1.29, 1.82) is 0 Å². The molecule has 0 atom stereocenters. The molecule has 0 radical (unpaired) electrons. The van der Waals surface area contributed by atoms with Gasteiger partial charge in [0, 0.05) is 24.0 Å². The van der Waals surface area contributed by atoms with Gasteiger partial charge in [-0.2, -0.15) is 0 Å². The molecule has 1 aliphatic carbocycles. The summed E-state index contributed by atoms with van der Waals surface area (Å²) in [6, 6.07) is 16.8. The molecule has 0 bridgehead atoms. The zero-order chi connectivity index (χ0) is 20.3. The Labute approximate surface area is 176 Å². The summed E-state index contributed by atoms with van der Waals surface area (Å²) in [6.07, 6.45) is 10.1. The van der Waals surface area contributed by atoms with E-state index in [2.05, 4.69) is 54.9 Å². The van der Waals surface area contributed by atoms with Crippen LogP contribution in [0.5, 0.6) is 5.75 Å². The third kappa shape index (κ3) is 6.73. The minimum Gasteiger partial charge on any atom is -0.497 e. The smallest absolute Gasteiger partial charge is 0.118 e. The lowest BCUT2D eigenvalue weighted by Gasteiger charge is -2.28. The van der Waals surface area contributed by atoms with Gasteiger partial charge in [-0.15, -0.1) is 11.8 Å². The van der Waals surface area contributed by atoms with E-state index in [9.17, 15) is 0 Å². The van der Waals surface area contributed by atoms with Gasteiger partial charge in [0.2, 0.25) is 0 Å². The van der Waals surface area contributed by atoms with Gasteiger partial charge >= 0.3 is 0 Å². The number of benzene rings is 2. The molecular weight excluding hydrogens is 352 g/mol. The first kappa shape index (κ1) is 21.1. The third-order valence-electron chi connectivity index (χ3n) is 5.89. The van der Waals surface area contributed by atoms with E-state index < -0.39 is 0 Å². The van der Waals surface area contributed by atoms with Gasteiger partial charge in [0.15, 0.2) is 0 Å². The van der Waals surface area contributed by atoms with E-state index in [-0.39, 0.29) is 0 Å². The molecule has 1 nitrogen and oxygen atoms in total. The van der Waals surface area contributed by atoms with E-state index in [0.29, 0.717) is 0 Å². The van der Waals surface area contributed by atoms with E-state index in [0.717, 1.165) is 41.6 Å². The predicted octanol–water partition coefficient (Wildman–Crippen LogP) is 6.95. The van der Waals surface area contributed by atoms with E-state index >= 15 is 0 Å². The van der Waals surface area contributed by atoms with Gasteiger partial charge in [-0.25, -0.2) is 0 Å². The number of rotatable bonds is 5. The van der Waals surface area contributed by atoms with Crippen LogP contribution in [-0.2, 0) is 0 Å². The van der Waals surface area contributed by atoms with Gasteiger partial charge in [-0.1, -0.05) is 30.9 Å². The molecule has 0 unspecified atom stereocenters. The first-order valence-electron chi connectivity index (χ1n) is 11.0. The topological polar surface area (TPSA) is 9.23 Å². The predicted molar refractivity (Wildman–Crippen MR) is 122 cm³/mol. The van der Waals surface area contributed by atoms with E-state index in [1.54, 1.807) is 7.11 Å². The highest BCUT2D eigenvalue weighted by atomic mass is 16.5. The maximum absolute atomic E-state index is 5.19. The molecule has 2 aromatic rings. The van der Waals surface area contributed by atoms with E-state index in [1.807, 2.05) is 24.3 Å². The molecule has 0 aliphatic heterocycles. The van der Waals surface area contributed by atoms with E-state index in [1.165, 1.54) is 44.1 Å². The Morgan fingerprint density at radius 2 is 1.45 bits per heavy atom. The highest BCUT2D eigenvalue weighted by Crippen LogP contribution is 2.37. The first-order chi connectivity index (χ1) is 14.3. The van der Waals surface area contributed by atoms with Crippen molar-refractivity contribution in [1.82, 2.24) is 0 Å². The number of ether oxygens (including phenoxy) is 1. The highest BCUT2D eigenvalue weighted by Gasteiger charge is 2.21. The van der Waals surface area contributed by atoms with Crippen LogP contribution in [0.3, 0.4) is 0 Å². The number of unbranched alkanes of at least 4 members (excludes halogenated alkanes) is 1. The minimum atomic E-state index is 0.717. The molecule has 0 spiro atoms. The Morgan fingerprint density at radius 3 is 2.03 bits per heavy atom. The summed E-state index contributed by atoms with van der Waals surface area (Å²) in [5.74, 6) is 15.4. The molecule has 3 rings (SSSR count). The van der Waals surface area contributed by atoms with Gasteiger partial charge in [-0.05, 0) is 92.3 Å². The fourth-order valence-electron chi connectivity index (χ4n) is 4.13. The molecule has 0 heterocycles. The Hall–Kier alpha value is -2.64. The fourth-order valence-corrected chi connectivity index (χ4v) is 4.13. The van der Waals surface area contributed by atoms with Crippen LogP contribution in [0, 0.1) is 29.6 Å². The first-order valence-corrected chi connectivity index (χ1v) is 11.0. The molecule has 1 fully saturated rings. The molecule has 0 amide bonds. The number of methoxy groups -OCH3 is 1. The van der Waals surface area contributed by atoms with Crippen molar-refractivity contribution in [2.75, 3.05) is 7.11 Å². The largest absolute Gasteiger partial charge is 0.497 e. The Bertz CT molecular complexity index is 860. The highest BCUT2D eigenvalue weighted by molar-refractivity contribution is 5.45. The molecule has 0 saturated heterocycles. The molecule has 0 N–H and O–H groups in total. The maximum atomic E-state index is 5.19. The summed E-state index contributed by atoms with van der Waals surface area (Å²) < 4.78 is 5.19. The zero-order valence-electron chi connectivity index (χ0n) is 17.8. The van der Waals surface area contributed by atoms with Crippen molar-refractivity contribution in [3.05, 3.63) is 65.2 Å². The van der Waals surface area contributed by atoms with Crippen LogP contribution in [0.1, 0.15) is 80.9 Å². The minimum absolute atomic E-state index is 0.717. The molecule has 1 saturated carbocycles. The summed E-state index contributed by atoms with van der Waals surface area (Å²) in [7, 11) is 1.68. The SMILES string of the molecule is CCC#CCCCC1CCC(c2ccc(C#Cc3ccc(OC)cc3)cc2)CC1. The number of hydrogen-bond donors (Lipinski definition) is 0. The van der Waals surface area contributed by atoms with Gasteiger partial charge in [0.1, 0.15) is 5.75 Å². The van der Waals surface area contributed by atoms with Crippen molar-refractivity contribution >= 4 is 0 Å². The summed E-state index contributed by atoms with van der Waals surface area (Å²) in [5, 5.41) is 0. The maximum Gasteiger partial charge on any atom is 0.118 e. The van der Waals surface area contributed by atoms with Crippen molar-refractivity contribution in [2.24, 2.45) is 5.92 Å². The Kier molecular flexibility index (Phi) is 8.27. The lowest BCUT2D eigenvalue weighted by molar-refractivity contribution is 0.306. The molecule has 29 heavy (non-hydrogen) atoms. The lowest BCUT2D eigenvalue weighted by atomic mass is 9.77. The normalized spacial score (nSPS) is 18.1. The van der Waals surface area contributed by atoms with Crippen LogP contribution in [0.15, 0.2) is 48.5 Å². The van der Waals surface area contributed by atoms with Crippen LogP contribution in [0.25, 0.3) is 0 Å². The Balaban J connectivity index is 1.48. The quantitative estimate of drug-likeness (QED) is 0.400. The third-order valence-corrected chi connectivity index (χ3v) is 5.89. The van der Waals surface area contributed by atoms with Crippen LogP contribution in [0.4, 0.5) is 0 Å². The molecule has 0 aromatic heterocycles. The molecule has 1 aliphatic rings. The fraction of sp³-hybridized carbons (Fsp3) is 0.429. The van der Waals surface area contributed by atoms with Crippen molar-refractivity contribution in [2.45, 2.75) is 64.2 Å². The lowest BCUT2D eigenvalue weighted by Crippen LogP contribution is -2.13. The molecular formula is C28H32O. The Morgan fingerprint density at radius 1 is 0.828 bits per heavy atom. The summed E-state index contributed by atoms with van der Waals surface area (Å²) in [5.41, 5.74) is 3.56. The van der Waals surface area contributed by atoms with Crippen LogP contribution in [-0.4, -0.2) is 7.11 Å². The average Bonchev–Trinajstić information content (AvgIpc) is 2.79. The van der Waals surface area contributed by atoms with Crippen molar-refractivity contribution < 1.29 is 4.74 Å². The van der Waals surface area contributed by atoms with Gasteiger partial charge in [0.25, 0.3) is 0 Å². The molecule has 1 heteroatoms. The van der Waals surface area contributed by atoms with E-state index in [4.69, 9.17) is 4.74 Å². The van der Waals surface area contributed by atoms with Crippen molar-refractivity contribution in [3.8, 4) is 29.4 Å². The monoisotopic (exact) mass is 384 g/mol. The molecule has 150 valence electrons. The average molecular weight is 385 g/mol. The summed E-state index contributed by atoms with van der Waals surface area (Å²) in [4.78, 5) is 0. The summed E-state index contributed by atoms with van der Waals surface area (Å²) in [6.45, 7) is 2.12. The second-order valence-corrected chi connectivity index (χ2v) is 7.92. The van der Waals surface area contributed by atoms with Gasteiger partial charge in [-0.3, -0.25) is 0 Å². The van der Waals surface area contributed by atoms with Crippen LogP contribution < -0.4 is 4.74 Å². The second kappa shape index (κ2) is 11.4. The molecule has 2 aromatic carbocycles. The van der Waals surface area contributed by atoms with Gasteiger partial charge < -0.3 is 4.74 Å². The van der Waals surface area contributed by atoms with Crippen LogP contribution in [0.2, 0.25) is 0 Å². The van der Waals surface area contributed by atoms with Gasteiger partial charge in [0.05, 0.1) is 7.11 Å². The van der Waals surface area contributed by atoms with Crippen molar-refractivity contribution in [3.63, 3.8) is 0 Å².